The van der Waals surface area contributed by atoms with Crippen LogP contribution < -0.4 is 9.73 Å². The van der Waals surface area contributed by atoms with Gasteiger partial charge in [-0.1, -0.05) is 48.0 Å². The van der Waals surface area contributed by atoms with Gasteiger partial charge in [0.2, 0.25) is 0 Å². The molecule has 3 aromatic rings. The van der Waals surface area contributed by atoms with Gasteiger partial charge in [0.25, 0.3) is 15.9 Å². The van der Waals surface area contributed by atoms with E-state index in [0.717, 1.165) is 16.1 Å². The summed E-state index contributed by atoms with van der Waals surface area (Å²) < 4.78 is 41.6. The standard InChI is InChI=1S/C23H21ClFN3O3S/c1-16-11-12-17(2)22(13-16)28(32(30,31)18-7-4-3-5-8-18)15-23(29)27-26-14-19-20(24)9-6-10-21(19)25/h3-14H,15H2,1-2H3,(H,27,29)/b26-14+. The van der Waals surface area contributed by atoms with E-state index in [-0.39, 0.29) is 15.5 Å². The highest BCUT2D eigenvalue weighted by Crippen LogP contribution is 2.27. The lowest BCUT2D eigenvalue weighted by molar-refractivity contribution is -0.119. The van der Waals surface area contributed by atoms with Crippen molar-refractivity contribution in [2.75, 3.05) is 10.8 Å². The Morgan fingerprint density at radius 2 is 1.81 bits per heavy atom. The van der Waals surface area contributed by atoms with Crippen LogP contribution >= 0.6 is 11.6 Å². The number of nitrogens with one attached hydrogen (secondary N) is 1. The first-order valence-electron chi connectivity index (χ1n) is 9.61. The number of hydrazone groups is 1. The Kier molecular flexibility index (Phi) is 7.27. The Labute approximate surface area is 191 Å². The average Bonchev–Trinajstić information content (AvgIpc) is 2.76. The maximum atomic E-state index is 13.9. The summed E-state index contributed by atoms with van der Waals surface area (Å²) in [5.74, 6) is -1.30. The first kappa shape index (κ1) is 23.4. The number of sulfonamides is 1. The molecule has 0 aliphatic rings. The zero-order chi connectivity index (χ0) is 23.3. The number of carbonyl (C=O) groups is 1. The lowest BCUT2D eigenvalue weighted by Crippen LogP contribution is -2.40. The van der Waals surface area contributed by atoms with Crippen LogP contribution in [0, 0.1) is 19.7 Å². The summed E-state index contributed by atoms with van der Waals surface area (Å²) in [7, 11) is -4.04. The molecule has 0 fully saturated rings. The molecule has 0 saturated carbocycles. The smallest absolute Gasteiger partial charge is 0.264 e. The Balaban J connectivity index is 1.90. The fourth-order valence-electron chi connectivity index (χ4n) is 2.98. The van der Waals surface area contributed by atoms with Gasteiger partial charge in [-0.2, -0.15) is 5.10 Å². The molecular formula is C23H21ClFN3O3S. The number of anilines is 1. The van der Waals surface area contributed by atoms with Gasteiger partial charge >= 0.3 is 0 Å². The van der Waals surface area contributed by atoms with E-state index in [0.29, 0.717) is 11.3 Å². The molecule has 0 saturated heterocycles. The third kappa shape index (κ3) is 5.33. The van der Waals surface area contributed by atoms with Gasteiger partial charge in [-0.05, 0) is 55.3 Å². The van der Waals surface area contributed by atoms with E-state index in [9.17, 15) is 17.6 Å². The molecule has 1 amide bonds. The third-order valence-corrected chi connectivity index (χ3v) is 6.74. The van der Waals surface area contributed by atoms with Crippen molar-refractivity contribution < 1.29 is 17.6 Å². The van der Waals surface area contributed by atoms with Crippen molar-refractivity contribution in [2.45, 2.75) is 18.7 Å². The second-order valence-electron chi connectivity index (χ2n) is 7.04. The number of amides is 1. The van der Waals surface area contributed by atoms with Crippen LogP contribution in [0.25, 0.3) is 0 Å². The number of benzene rings is 3. The number of rotatable bonds is 7. The molecule has 3 aromatic carbocycles. The zero-order valence-electron chi connectivity index (χ0n) is 17.4. The first-order valence-corrected chi connectivity index (χ1v) is 11.4. The van der Waals surface area contributed by atoms with Gasteiger partial charge in [0, 0.05) is 5.56 Å². The summed E-state index contributed by atoms with van der Waals surface area (Å²) in [6, 6.07) is 17.3. The van der Waals surface area contributed by atoms with Gasteiger partial charge in [0.15, 0.2) is 0 Å². The first-order chi connectivity index (χ1) is 15.2. The monoisotopic (exact) mass is 473 g/mol. The molecule has 0 bridgehead atoms. The van der Waals surface area contributed by atoms with Crippen LogP contribution in [0.5, 0.6) is 0 Å². The summed E-state index contributed by atoms with van der Waals surface area (Å²) in [6.45, 7) is 3.07. The zero-order valence-corrected chi connectivity index (χ0v) is 19.0. The minimum Gasteiger partial charge on any atom is -0.271 e. The molecule has 0 atom stereocenters. The van der Waals surface area contributed by atoms with Crippen molar-refractivity contribution >= 4 is 39.4 Å². The van der Waals surface area contributed by atoms with E-state index >= 15 is 0 Å². The van der Waals surface area contributed by atoms with Crippen LogP contribution in [0.1, 0.15) is 16.7 Å². The van der Waals surface area contributed by atoms with Crippen molar-refractivity contribution in [3.63, 3.8) is 0 Å². The van der Waals surface area contributed by atoms with Crippen molar-refractivity contribution in [3.8, 4) is 0 Å². The molecule has 3 rings (SSSR count). The SMILES string of the molecule is Cc1ccc(C)c(N(CC(=O)N/N=C/c2c(F)cccc2Cl)S(=O)(=O)c2ccccc2)c1. The molecule has 0 unspecified atom stereocenters. The van der Waals surface area contributed by atoms with E-state index in [2.05, 4.69) is 10.5 Å². The van der Waals surface area contributed by atoms with Crippen molar-refractivity contribution in [1.82, 2.24) is 5.43 Å². The summed E-state index contributed by atoms with van der Waals surface area (Å²) in [5.41, 5.74) is 4.16. The Morgan fingerprint density at radius 1 is 1.09 bits per heavy atom. The topological polar surface area (TPSA) is 78.8 Å². The minimum atomic E-state index is -4.04. The predicted molar refractivity (Wildman–Crippen MR) is 124 cm³/mol. The van der Waals surface area contributed by atoms with Gasteiger partial charge < -0.3 is 0 Å². The van der Waals surface area contributed by atoms with Gasteiger partial charge in [-0.25, -0.2) is 18.2 Å². The van der Waals surface area contributed by atoms with Gasteiger partial charge in [-0.15, -0.1) is 0 Å². The van der Waals surface area contributed by atoms with Crippen LogP contribution in [-0.4, -0.2) is 27.1 Å². The molecule has 0 radical (unpaired) electrons. The van der Waals surface area contributed by atoms with Crippen LogP contribution in [0.2, 0.25) is 5.02 Å². The normalized spacial score (nSPS) is 11.5. The summed E-state index contributed by atoms with van der Waals surface area (Å²) in [4.78, 5) is 12.7. The molecule has 6 nitrogen and oxygen atoms in total. The second-order valence-corrected chi connectivity index (χ2v) is 9.31. The maximum absolute atomic E-state index is 13.9. The minimum absolute atomic E-state index is 0.0118. The van der Waals surface area contributed by atoms with E-state index in [1.807, 2.05) is 13.0 Å². The number of hydrogen-bond donors (Lipinski definition) is 1. The summed E-state index contributed by atoms with van der Waals surface area (Å²) in [6.07, 6.45) is 1.07. The number of aryl methyl sites for hydroxylation is 2. The van der Waals surface area contributed by atoms with Crippen LogP contribution in [-0.2, 0) is 14.8 Å². The number of nitrogens with zero attached hydrogens (tertiary/aromatic N) is 2. The lowest BCUT2D eigenvalue weighted by Gasteiger charge is -2.25. The highest BCUT2D eigenvalue weighted by molar-refractivity contribution is 7.92. The molecule has 0 aliphatic carbocycles. The molecular weight excluding hydrogens is 453 g/mol. The quantitative estimate of drug-likeness (QED) is 0.407. The van der Waals surface area contributed by atoms with Crippen LogP contribution in [0.15, 0.2) is 76.7 Å². The van der Waals surface area contributed by atoms with Crippen molar-refractivity contribution in [1.29, 1.82) is 0 Å². The fourth-order valence-corrected chi connectivity index (χ4v) is 4.69. The molecule has 0 aliphatic heterocycles. The average molecular weight is 474 g/mol. The summed E-state index contributed by atoms with van der Waals surface area (Å²) in [5, 5.41) is 3.87. The van der Waals surface area contributed by atoms with E-state index in [1.54, 1.807) is 37.3 Å². The highest BCUT2D eigenvalue weighted by Gasteiger charge is 2.28. The van der Waals surface area contributed by atoms with Crippen LogP contribution in [0.3, 0.4) is 0 Å². The predicted octanol–water partition coefficient (Wildman–Crippen LogP) is 4.44. The molecule has 166 valence electrons. The fraction of sp³-hybridized carbons (Fsp3) is 0.130. The number of carbonyl (C=O) groups excluding carboxylic acids is 1. The third-order valence-electron chi connectivity index (χ3n) is 4.63. The van der Waals surface area contributed by atoms with E-state index < -0.39 is 28.3 Å². The Hall–Kier alpha value is -3.23. The van der Waals surface area contributed by atoms with Crippen molar-refractivity contribution in [2.24, 2.45) is 5.10 Å². The largest absolute Gasteiger partial charge is 0.271 e. The molecule has 0 aromatic heterocycles. The molecule has 1 N–H and O–H groups in total. The Bertz CT molecular complexity index is 1240. The molecule has 0 spiro atoms. The van der Waals surface area contributed by atoms with E-state index in [1.165, 1.54) is 30.3 Å². The van der Waals surface area contributed by atoms with Gasteiger partial charge in [0.1, 0.15) is 12.4 Å². The van der Waals surface area contributed by atoms with Gasteiger partial charge in [-0.3, -0.25) is 9.10 Å². The lowest BCUT2D eigenvalue weighted by atomic mass is 10.1. The van der Waals surface area contributed by atoms with Crippen molar-refractivity contribution in [3.05, 3.63) is 94.3 Å². The molecule has 32 heavy (non-hydrogen) atoms. The van der Waals surface area contributed by atoms with E-state index in [4.69, 9.17) is 11.6 Å². The number of halogens is 2. The summed E-state index contributed by atoms with van der Waals surface area (Å²) >= 11 is 5.94. The molecule has 0 heterocycles. The highest BCUT2D eigenvalue weighted by atomic mass is 35.5. The second kappa shape index (κ2) is 9.93. The van der Waals surface area contributed by atoms with Gasteiger partial charge in [0.05, 0.1) is 21.8 Å². The maximum Gasteiger partial charge on any atom is 0.264 e. The molecule has 9 heteroatoms. The van der Waals surface area contributed by atoms with Crippen LogP contribution in [0.4, 0.5) is 10.1 Å². The number of hydrogen-bond acceptors (Lipinski definition) is 4. The Morgan fingerprint density at radius 3 is 2.50 bits per heavy atom.